The van der Waals surface area contributed by atoms with Gasteiger partial charge in [-0.2, -0.15) is 5.10 Å². The summed E-state index contributed by atoms with van der Waals surface area (Å²) < 4.78 is 11.1. The molecule has 0 radical (unpaired) electrons. The Morgan fingerprint density at radius 1 is 1.05 bits per heavy atom. The molecule has 4 N–H and O–H groups in total. The van der Waals surface area contributed by atoms with Gasteiger partial charge >= 0.3 is 5.91 Å². The first kappa shape index (κ1) is 26.1. The second-order valence-electron chi connectivity index (χ2n) is 8.12. The van der Waals surface area contributed by atoms with E-state index in [2.05, 4.69) is 21.4 Å². The normalized spacial score (nSPS) is 13.5. The van der Waals surface area contributed by atoms with Gasteiger partial charge in [-0.15, -0.1) is 0 Å². The third-order valence-corrected chi connectivity index (χ3v) is 6.05. The third-order valence-electron chi connectivity index (χ3n) is 5.52. The Hall–Kier alpha value is -4.02. The summed E-state index contributed by atoms with van der Waals surface area (Å²) in [5, 5.41) is 14.3. The number of hydrogen-bond acceptors (Lipinski definition) is 7. The topological polar surface area (TPSA) is 142 Å². The summed E-state index contributed by atoms with van der Waals surface area (Å²) in [6.07, 6.45) is 1.89. The number of ether oxygens (including phenoxy) is 1. The van der Waals surface area contributed by atoms with Crippen molar-refractivity contribution in [3.63, 3.8) is 0 Å². The number of nitrogens with zero attached hydrogens (tertiary/aromatic N) is 1. The van der Waals surface area contributed by atoms with Crippen molar-refractivity contribution in [1.82, 2.24) is 16.3 Å². The van der Waals surface area contributed by atoms with Crippen LogP contribution in [0.3, 0.4) is 0 Å². The first-order valence-corrected chi connectivity index (χ1v) is 11.9. The Morgan fingerprint density at radius 3 is 2.54 bits per heavy atom. The smallest absolute Gasteiger partial charge is 0.305 e. The summed E-state index contributed by atoms with van der Waals surface area (Å²) in [6, 6.07) is 10.3. The summed E-state index contributed by atoms with van der Waals surface area (Å²) in [4.78, 5) is 37.2. The quantitative estimate of drug-likeness (QED) is 0.346. The van der Waals surface area contributed by atoms with Gasteiger partial charge in [0.25, 0.3) is 11.8 Å². The number of aryl methyl sites for hydroxylation is 1. The number of fused-ring (bicyclic) bond motifs is 1. The summed E-state index contributed by atoms with van der Waals surface area (Å²) in [5.74, 6) is -0.806. The number of hydrogen-bond donors (Lipinski definition) is 4. The van der Waals surface area contributed by atoms with Crippen molar-refractivity contribution in [2.45, 2.75) is 26.2 Å². The van der Waals surface area contributed by atoms with E-state index in [1.54, 1.807) is 13.0 Å². The first-order valence-electron chi connectivity index (χ1n) is 11.2. The number of phenolic OH excluding ortho intramolecular Hbond substituents is 1. The number of halogens is 2. The molecule has 0 saturated carbocycles. The number of aromatic hydroxyl groups is 1. The largest absolute Gasteiger partial charge is 0.508 e. The second-order valence-corrected chi connectivity index (χ2v) is 8.96. The van der Waals surface area contributed by atoms with Gasteiger partial charge in [0.05, 0.1) is 10.7 Å². The highest BCUT2D eigenvalue weighted by atomic mass is 35.5. The Morgan fingerprint density at radius 2 is 1.81 bits per heavy atom. The maximum Gasteiger partial charge on any atom is 0.305 e. The zero-order chi connectivity index (χ0) is 26.5. The predicted octanol–water partition coefficient (Wildman–Crippen LogP) is 3.91. The zero-order valence-electron chi connectivity index (χ0n) is 19.6. The minimum atomic E-state index is -0.655. The van der Waals surface area contributed by atoms with E-state index in [-0.39, 0.29) is 22.3 Å². The number of nitrogens with one attached hydrogen (secondary N) is 3. The summed E-state index contributed by atoms with van der Waals surface area (Å²) in [5.41, 5.74) is 9.16. The third kappa shape index (κ3) is 6.22. The Kier molecular flexibility index (Phi) is 8.00. The Labute approximate surface area is 221 Å². The van der Waals surface area contributed by atoms with Crippen LogP contribution >= 0.6 is 23.2 Å². The van der Waals surface area contributed by atoms with Crippen molar-refractivity contribution >= 4 is 46.6 Å². The number of hydrazine groups is 1. The summed E-state index contributed by atoms with van der Waals surface area (Å²) >= 11 is 11.8. The van der Waals surface area contributed by atoms with E-state index in [0.29, 0.717) is 46.0 Å². The molecule has 0 aliphatic heterocycles. The molecule has 4 rings (SSSR count). The van der Waals surface area contributed by atoms with Crippen LogP contribution in [-0.4, -0.2) is 35.1 Å². The lowest BCUT2D eigenvalue weighted by molar-refractivity contribution is -0.123. The van der Waals surface area contributed by atoms with Gasteiger partial charge in [0.2, 0.25) is 0 Å². The average molecular weight is 545 g/mol. The van der Waals surface area contributed by atoms with E-state index in [0.717, 1.165) is 6.42 Å². The number of carbonyl (C=O) groups excluding carboxylic acids is 3. The Bertz CT molecular complexity index is 1380. The van der Waals surface area contributed by atoms with E-state index in [4.69, 9.17) is 32.4 Å². The van der Waals surface area contributed by atoms with Gasteiger partial charge in [0.1, 0.15) is 17.3 Å². The molecular weight excluding hydrogens is 523 g/mol. The van der Waals surface area contributed by atoms with Crippen molar-refractivity contribution in [3.05, 3.63) is 80.7 Å². The molecule has 1 aliphatic rings. The van der Waals surface area contributed by atoms with Gasteiger partial charge < -0.3 is 14.3 Å². The monoisotopic (exact) mass is 544 g/mol. The molecule has 1 aromatic heterocycles. The molecule has 0 unspecified atom stereocenters. The number of hydrazone groups is 1. The number of phenols is 1. The van der Waals surface area contributed by atoms with Crippen molar-refractivity contribution in [2.24, 2.45) is 5.10 Å². The van der Waals surface area contributed by atoms with Crippen LogP contribution in [0.25, 0.3) is 0 Å². The molecule has 10 nitrogen and oxygen atoms in total. The van der Waals surface area contributed by atoms with Gasteiger partial charge in [-0.05, 0) is 62.2 Å². The van der Waals surface area contributed by atoms with E-state index in [1.807, 2.05) is 0 Å². The molecule has 1 aliphatic carbocycles. The molecule has 0 spiro atoms. The minimum absolute atomic E-state index is 0.0198. The molecule has 1 heterocycles. The van der Waals surface area contributed by atoms with E-state index in [9.17, 15) is 19.5 Å². The highest BCUT2D eigenvalue weighted by Gasteiger charge is 2.28. The molecule has 37 heavy (non-hydrogen) atoms. The number of benzene rings is 2. The van der Waals surface area contributed by atoms with E-state index < -0.39 is 24.3 Å². The maximum atomic E-state index is 12.7. The van der Waals surface area contributed by atoms with Crippen LogP contribution in [-0.2, 0) is 11.2 Å². The van der Waals surface area contributed by atoms with Crippen LogP contribution in [0.2, 0.25) is 10.0 Å². The van der Waals surface area contributed by atoms with Gasteiger partial charge in [0.15, 0.2) is 12.4 Å². The van der Waals surface area contributed by atoms with Gasteiger partial charge in [-0.25, -0.2) is 5.43 Å². The molecule has 192 valence electrons. The fourth-order valence-corrected chi connectivity index (χ4v) is 4.21. The van der Waals surface area contributed by atoms with Crippen LogP contribution in [0.4, 0.5) is 0 Å². The van der Waals surface area contributed by atoms with Gasteiger partial charge in [-0.3, -0.25) is 25.2 Å². The lowest BCUT2D eigenvalue weighted by Crippen LogP contribution is -2.43. The standard InChI is InChI=1S/C25H22Cl2N4O6/c1-13-22-18(28-30-24(34)14-5-8-16(32)9-6-14)3-2-4-20(22)37-23(13)25(35)31-29-21(33)12-36-19-10-7-15(26)11-17(19)27/h5-11,32H,2-4,12H2,1H3,(H,29,33)(H,30,34)(H,31,35)/b28-18+. The highest BCUT2D eigenvalue weighted by molar-refractivity contribution is 6.35. The van der Waals surface area contributed by atoms with Crippen molar-refractivity contribution in [2.75, 3.05) is 6.61 Å². The van der Waals surface area contributed by atoms with Crippen LogP contribution in [0.15, 0.2) is 52.0 Å². The van der Waals surface area contributed by atoms with Gasteiger partial charge in [-0.1, -0.05) is 23.2 Å². The van der Waals surface area contributed by atoms with Crippen molar-refractivity contribution in [3.8, 4) is 11.5 Å². The highest BCUT2D eigenvalue weighted by Crippen LogP contribution is 2.30. The second kappa shape index (κ2) is 11.4. The van der Waals surface area contributed by atoms with E-state index in [1.165, 1.54) is 36.4 Å². The van der Waals surface area contributed by atoms with E-state index >= 15 is 0 Å². The number of furan rings is 1. The van der Waals surface area contributed by atoms with Crippen LogP contribution < -0.4 is 21.0 Å². The van der Waals surface area contributed by atoms with Gasteiger partial charge in [0, 0.05) is 28.1 Å². The predicted molar refractivity (Wildman–Crippen MR) is 136 cm³/mol. The molecule has 3 aromatic rings. The lowest BCUT2D eigenvalue weighted by atomic mass is 9.93. The number of carbonyl (C=O) groups is 3. The molecule has 0 bridgehead atoms. The molecule has 3 amide bonds. The molecule has 2 aromatic carbocycles. The van der Waals surface area contributed by atoms with Crippen molar-refractivity contribution in [1.29, 1.82) is 0 Å². The fraction of sp³-hybridized carbons (Fsp3) is 0.200. The zero-order valence-corrected chi connectivity index (χ0v) is 21.1. The van der Waals surface area contributed by atoms with Crippen LogP contribution in [0.1, 0.15) is 50.6 Å². The summed E-state index contributed by atoms with van der Waals surface area (Å²) in [6.45, 7) is 1.31. The molecule has 12 heteroatoms. The molecule has 0 atom stereocenters. The molecule has 0 fully saturated rings. The lowest BCUT2D eigenvalue weighted by Gasteiger charge is -2.13. The Balaban J connectivity index is 1.38. The minimum Gasteiger partial charge on any atom is -0.508 e. The fourth-order valence-electron chi connectivity index (χ4n) is 3.75. The number of amides is 3. The first-order chi connectivity index (χ1) is 17.7. The van der Waals surface area contributed by atoms with Crippen LogP contribution in [0.5, 0.6) is 11.5 Å². The maximum absolute atomic E-state index is 12.7. The number of rotatable bonds is 6. The molecular formula is C25H22Cl2N4O6. The van der Waals surface area contributed by atoms with Crippen LogP contribution in [0, 0.1) is 6.92 Å². The van der Waals surface area contributed by atoms with Crippen molar-refractivity contribution < 1.29 is 28.6 Å². The average Bonchev–Trinajstić information content (AvgIpc) is 3.22. The summed E-state index contributed by atoms with van der Waals surface area (Å²) in [7, 11) is 0. The molecule has 0 saturated heterocycles. The SMILES string of the molecule is Cc1c(C(=O)NNC(=O)COc2ccc(Cl)cc2Cl)oc2c1/C(=N/NC(=O)c1ccc(O)cc1)CCC2.